The number of carboxylic acid groups (broad SMARTS) is 1. The Morgan fingerprint density at radius 1 is 0.527 bits per heavy atom. The van der Waals surface area contributed by atoms with Crippen LogP contribution in [0.25, 0.3) is 0 Å². The van der Waals surface area contributed by atoms with Crippen molar-refractivity contribution in [3.05, 3.63) is 117 Å². The van der Waals surface area contributed by atoms with Crippen LogP contribution in [0, 0.1) is 58.2 Å². The molecule has 8 amide bonds. The van der Waals surface area contributed by atoms with Gasteiger partial charge in [-0.3, -0.25) is 63.6 Å². The van der Waals surface area contributed by atoms with Crippen LogP contribution >= 0.6 is 0 Å². The second-order valence-electron chi connectivity index (χ2n) is 15.1. The minimum absolute atomic E-state index is 0.0200. The van der Waals surface area contributed by atoms with E-state index in [9.17, 15) is 96.6 Å². The molecule has 388 valence electrons. The van der Waals surface area contributed by atoms with Gasteiger partial charge in [0.25, 0.3) is 23.6 Å². The topological polar surface area (TPSA) is 275 Å². The summed E-state index contributed by atoms with van der Waals surface area (Å²) in [5.41, 5.74) is -0.572. The molecule has 0 saturated carbocycles. The van der Waals surface area contributed by atoms with Crippen LogP contribution in [0.4, 0.5) is 43.9 Å². The molecule has 0 radical (unpaired) electrons. The summed E-state index contributed by atoms with van der Waals surface area (Å²) in [6, 6.07) is 5.54. The van der Waals surface area contributed by atoms with Crippen molar-refractivity contribution < 1.29 is 121 Å². The summed E-state index contributed by atoms with van der Waals surface area (Å²) in [7, 11) is 0. The van der Waals surface area contributed by atoms with E-state index < -0.39 is 160 Å². The van der Waals surface area contributed by atoms with Gasteiger partial charge in [-0.25, -0.2) is 35.9 Å². The molecule has 2 unspecified atom stereocenters. The van der Waals surface area contributed by atoms with Gasteiger partial charge < -0.3 is 24.1 Å². The predicted octanol–water partition coefficient (Wildman–Crippen LogP) is 3.63. The first-order valence-corrected chi connectivity index (χ1v) is 20.4. The van der Waals surface area contributed by atoms with Gasteiger partial charge in [0.05, 0.1) is 22.3 Å². The van der Waals surface area contributed by atoms with Crippen LogP contribution in [0.5, 0.6) is 23.0 Å². The highest BCUT2D eigenvalue weighted by Gasteiger charge is 2.48. The number of amides is 8. The van der Waals surface area contributed by atoms with Crippen LogP contribution in [0.15, 0.2) is 36.4 Å². The van der Waals surface area contributed by atoms with Crippen molar-refractivity contribution in [3.8, 4) is 23.0 Å². The van der Waals surface area contributed by atoms with E-state index in [1.165, 1.54) is 30.3 Å². The SMILES string of the molecule is CC(=O)Oc1c(F)c(F)c(F)c(F)c1F.O=C(O)COc1cccc2c1C(=O)N(C1CCC(=O)NC1=O)C2=O.O=C1CCC(N2C(=O)c3cccc(OCC(=O)Oc4c(F)c(F)c(F)c(F)c4F)c3C2=O)C(=O)N1. The number of nitrogens with one attached hydrogen (secondary N) is 2. The van der Waals surface area contributed by atoms with E-state index in [0.717, 1.165) is 17.9 Å². The van der Waals surface area contributed by atoms with E-state index in [1.54, 1.807) is 0 Å². The second kappa shape index (κ2) is 21.6. The maximum atomic E-state index is 13.7. The van der Waals surface area contributed by atoms with Crippen LogP contribution in [-0.4, -0.2) is 105 Å². The van der Waals surface area contributed by atoms with E-state index in [4.69, 9.17) is 14.6 Å². The number of carbonyl (C=O) groups is 11. The number of aliphatic carboxylic acids is 1. The lowest BCUT2D eigenvalue weighted by atomic mass is 10.0. The van der Waals surface area contributed by atoms with Crippen LogP contribution in [0.3, 0.4) is 0 Å². The number of imide groups is 4. The molecular weight excluding hydrogens is 1030 g/mol. The van der Waals surface area contributed by atoms with E-state index in [-0.39, 0.29) is 59.4 Å². The normalized spacial score (nSPS) is 16.8. The number of esters is 2. The first-order chi connectivity index (χ1) is 34.8. The molecular formula is C44H26F10N4O16. The zero-order valence-electron chi connectivity index (χ0n) is 36.6. The van der Waals surface area contributed by atoms with Crippen molar-refractivity contribution in [2.45, 2.75) is 44.7 Å². The first kappa shape index (κ1) is 54.1. The quantitative estimate of drug-likeness (QED) is 0.0511. The number of carboxylic acids is 1. The van der Waals surface area contributed by atoms with Gasteiger partial charge in [0.1, 0.15) is 23.6 Å². The highest BCUT2D eigenvalue weighted by Crippen LogP contribution is 2.36. The Bertz CT molecular complexity index is 3110. The Labute approximate surface area is 403 Å². The number of hydrogen-bond acceptors (Lipinski definition) is 15. The molecule has 2 fully saturated rings. The fourth-order valence-corrected chi connectivity index (χ4v) is 7.12. The minimum Gasteiger partial charge on any atom is -0.481 e. The molecule has 4 aliphatic heterocycles. The van der Waals surface area contributed by atoms with Crippen molar-refractivity contribution in [3.63, 3.8) is 0 Å². The highest BCUT2D eigenvalue weighted by atomic mass is 19.2. The maximum Gasteiger partial charge on any atom is 0.349 e. The Morgan fingerprint density at radius 2 is 0.878 bits per heavy atom. The van der Waals surface area contributed by atoms with Crippen LogP contribution in [-0.2, 0) is 33.6 Å². The van der Waals surface area contributed by atoms with Gasteiger partial charge >= 0.3 is 17.9 Å². The molecule has 30 heteroatoms. The summed E-state index contributed by atoms with van der Waals surface area (Å²) in [4.78, 5) is 132. The molecule has 4 heterocycles. The van der Waals surface area contributed by atoms with Gasteiger partial charge in [-0.1, -0.05) is 12.1 Å². The lowest BCUT2D eigenvalue weighted by molar-refractivity contribution is -0.139. The van der Waals surface area contributed by atoms with E-state index in [0.29, 0.717) is 4.90 Å². The molecule has 0 aliphatic carbocycles. The zero-order chi connectivity index (χ0) is 54.8. The molecule has 74 heavy (non-hydrogen) atoms. The summed E-state index contributed by atoms with van der Waals surface area (Å²) in [6.07, 6.45) is -0.162. The van der Waals surface area contributed by atoms with Crippen LogP contribution < -0.4 is 29.6 Å². The first-order valence-electron chi connectivity index (χ1n) is 20.4. The molecule has 4 aliphatic rings. The van der Waals surface area contributed by atoms with Crippen molar-refractivity contribution in [2.24, 2.45) is 0 Å². The Hall–Kier alpha value is -9.25. The lowest BCUT2D eigenvalue weighted by Crippen LogP contribution is -2.54. The second-order valence-corrected chi connectivity index (χ2v) is 15.1. The minimum atomic E-state index is -2.44. The molecule has 0 spiro atoms. The van der Waals surface area contributed by atoms with E-state index in [1.807, 2.05) is 5.32 Å². The molecule has 4 aromatic rings. The molecule has 8 rings (SSSR count). The summed E-state index contributed by atoms with van der Waals surface area (Å²) >= 11 is 0. The number of nitrogens with zero attached hydrogens (tertiary/aromatic N) is 2. The molecule has 0 bridgehead atoms. The van der Waals surface area contributed by atoms with Crippen molar-refractivity contribution in [1.29, 1.82) is 0 Å². The zero-order valence-corrected chi connectivity index (χ0v) is 36.6. The number of hydrogen-bond donors (Lipinski definition) is 3. The van der Waals surface area contributed by atoms with Gasteiger partial charge in [0, 0.05) is 19.8 Å². The third kappa shape index (κ3) is 10.5. The number of halogens is 10. The molecule has 2 saturated heterocycles. The number of ether oxygens (including phenoxy) is 4. The van der Waals surface area contributed by atoms with Crippen molar-refractivity contribution in [2.75, 3.05) is 13.2 Å². The van der Waals surface area contributed by atoms with Gasteiger partial charge in [0.15, 0.2) is 13.2 Å². The highest BCUT2D eigenvalue weighted by molar-refractivity contribution is 6.25. The van der Waals surface area contributed by atoms with Gasteiger partial charge in [-0.05, 0) is 37.1 Å². The predicted molar refractivity (Wildman–Crippen MR) is 214 cm³/mol. The lowest BCUT2D eigenvalue weighted by Gasteiger charge is -2.27. The van der Waals surface area contributed by atoms with Crippen molar-refractivity contribution >= 4 is 65.2 Å². The fourth-order valence-electron chi connectivity index (χ4n) is 7.12. The summed E-state index contributed by atoms with van der Waals surface area (Å²) < 4.78 is 148. The average molecular weight is 1060 g/mol. The largest absolute Gasteiger partial charge is 0.481 e. The number of fused-ring (bicyclic) bond motifs is 2. The molecule has 2 atom stereocenters. The van der Waals surface area contributed by atoms with Gasteiger partial charge in [0.2, 0.25) is 93.3 Å². The van der Waals surface area contributed by atoms with Crippen LogP contribution in [0.1, 0.15) is 74.0 Å². The molecule has 0 aromatic heterocycles. The Kier molecular flexibility index (Phi) is 15.8. The molecule has 20 nitrogen and oxygen atoms in total. The van der Waals surface area contributed by atoms with E-state index >= 15 is 0 Å². The standard InChI is InChI=1S/C21H11F5N2O7.C15H12N2O7.C8H3F5O2/c22-13-14(23)16(25)18(17(26)15(13)24)35-11(30)6-34-9-3-1-2-7-12(9)21(33)28(20(7)32)8-4-5-10(29)27-19(8)31;18-10-5-4-8(13(21)16-10)17-14(22)7-2-1-3-9(12(7)15(17)23)24-6-11(19)20;1-2(14)15-8-6(12)4(10)3(9)5(11)7(8)13/h1-3,8H,4-6H2,(H,27,29,31);1-3,8H,4-6H2,(H,19,20)(H,16,18,21);1H3. The van der Waals surface area contributed by atoms with Crippen molar-refractivity contribution in [1.82, 2.24) is 20.4 Å². The number of piperidine rings is 2. The summed E-state index contributed by atoms with van der Waals surface area (Å²) in [6.45, 7) is -1.07. The smallest absolute Gasteiger partial charge is 0.349 e. The third-order valence-corrected chi connectivity index (χ3v) is 10.4. The summed E-state index contributed by atoms with van der Waals surface area (Å²) in [5.74, 6) is -36.6. The summed E-state index contributed by atoms with van der Waals surface area (Å²) in [5, 5.41) is 12.8. The van der Waals surface area contributed by atoms with Crippen LogP contribution in [0.2, 0.25) is 0 Å². The molecule has 3 N–H and O–H groups in total. The number of rotatable bonds is 10. The Morgan fingerprint density at radius 3 is 1.23 bits per heavy atom. The monoisotopic (exact) mass is 1060 g/mol. The third-order valence-electron chi connectivity index (χ3n) is 10.4. The number of benzene rings is 4. The fraction of sp³-hybridized carbons (Fsp3) is 0.205. The average Bonchev–Trinajstić information content (AvgIpc) is 3.77. The van der Waals surface area contributed by atoms with E-state index in [2.05, 4.69) is 14.8 Å². The van der Waals surface area contributed by atoms with Gasteiger partial charge in [-0.2, -0.15) is 17.6 Å². The Balaban J connectivity index is 0.000000197. The van der Waals surface area contributed by atoms with Gasteiger partial charge in [-0.15, -0.1) is 0 Å². The molecule has 4 aromatic carbocycles. The maximum absolute atomic E-state index is 13.7. The number of carbonyl (C=O) groups excluding carboxylic acids is 10.